The minimum absolute atomic E-state index is 0.0109. The van der Waals surface area contributed by atoms with E-state index < -0.39 is 34.4 Å². The molecule has 0 heterocycles. The van der Waals surface area contributed by atoms with Crippen LogP contribution in [0.4, 0.5) is 5.69 Å². The average Bonchev–Trinajstić information content (AvgIpc) is 2.96. The third-order valence-electron chi connectivity index (χ3n) is 6.25. The normalized spacial score (nSPS) is 11.8. The van der Waals surface area contributed by atoms with Gasteiger partial charge in [0.15, 0.2) is 11.5 Å². The zero-order valence-electron chi connectivity index (χ0n) is 22.6. The number of amides is 2. The number of halogens is 2. The van der Waals surface area contributed by atoms with E-state index in [1.54, 1.807) is 43.3 Å². The van der Waals surface area contributed by atoms with Crippen molar-refractivity contribution in [3.8, 4) is 11.5 Å². The van der Waals surface area contributed by atoms with Crippen LogP contribution in [0.1, 0.15) is 18.9 Å². The molecule has 0 aliphatic carbocycles. The van der Waals surface area contributed by atoms with Crippen molar-refractivity contribution in [3.63, 3.8) is 0 Å². The number of hydrogen-bond donors (Lipinski definition) is 1. The van der Waals surface area contributed by atoms with Crippen LogP contribution in [-0.4, -0.2) is 59.0 Å². The molecule has 3 aromatic carbocycles. The maximum absolute atomic E-state index is 14.0. The Balaban J connectivity index is 2.12. The molecule has 3 rings (SSSR count). The van der Waals surface area contributed by atoms with Gasteiger partial charge in [0.2, 0.25) is 11.8 Å². The van der Waals surface area contributed by atoms with Crippen LogP contribution in [0.3, 0.4) is 0 Å². The maximum Gasteiger partial charge on any atom is 0.264 e. The fourth-order valence-corrected chi connectivity index (χ4v) is 6.04. The molecule has 0 saturated carbocycles. The SMILES string of the molecule is CCC(C(=O)NC)N(Cc1ccc(Cl)cc1Cl)C(=O)CN(c1ccc(OC)c(OC)c1)S(=O)(=O)c1ccccc1. The van der Waals surface area contributed by atoms with Crippen LogP contribution in [-0.2, 0) is 26.2 Å². The van der Waals surface area contributed by atoms with Gasteiger partial charge in [-0.1, -0.05) is 54.4 Å². The molecule has 2 amide bonds. The molecular weight excluding hydrogens is 577 g/mol. The van der Waals surface area contributed by atoms with Crippen molar-refractivity contribution >= 4 is 50.7 Å². The minimum Gasteiger partial charge on any atom is -0.493 e. The molecular formula is C28H31Cl2N3O6S. The molecule has 0 aliphatic rings. The summed E-state index contributed by atoms with van der Waals surface area (Å²) in [6, 6.07) is 16.2. The summed E-state index contributed by atoms with van der Waals surface area (Å²) in [5, 5.41) is 3.31. The lowest BCUT2D eigenvalue weighted by Crippen LogP contribution is -2.51. The van der Waals surface area contributed by atoms with Gasteiger partial charge in [-0.25, -0.2) is 8.42 Å². The molecule has 0 fully saturated rings. The maximum atomic E-state index is 14.0. The van der Waals surface area contributed by atoms with Crippen LogP contribution in [0, 0.1) is 0 Å². The van der Waals surface area contributed by atoms with Crippen LogP contribution in [0.5, 0.6) is 11.5 Å². The molecule has 0 spiro atoms. The molecule has 0 aromatic heterocycles. The summed E-state index contributed by atoms with van der Waals surface area (Å²) in [6.07, 6.45) is 0.276. The van der Waals surface area contributed by atoms with Gasteiger partial charge in [-0.3, -0.25) is 13.9 Å². The van der Waals surface area contributed by atoms with Crippen molar-refractivity contribution in [1.29, 1.82) is 0 Å². The summed E-state index contributed by atoms with van der Waals surface area (Å²) in [6.45, 7) is 1.10. The van der Waals surface area contributed by atoms with Gasteiger partial charge >= 0.3 is 0 Å². The molecule has 0 bridgehead atoms. The first-order valence-electron chi connectivity index (χ1n) is 12.3. The Hall–Kier alpha value is -3.47. The van der Waals surface area contributed by atoms with Gasteiger partial charge in [-0.15, -0.1) is 0 Å². The van der Waals surface area contributed by atoms with E-state index in [2.05, 4.69) is 5.32 Å². The van der Waals surface area contributed by atoms with Crippen LogP contribution < -0.4 is 19.1 Å². The smallest absolute Gasteiger partial charge is 0.264 e. The molecule has 3 aromatic rings. The lowest BCUT2D eigenvalue weighted by Gasteiger charge is -2.33. The van der Waals surface area contributed by atoms with E-state index >= 15 is 0 Å². The first-order valence-corrected chi connectivity index (χ1v) is 14.5. The number of nitrogens with zero attached hydrogens (tertiary/aromatic N) is 2. The van der Waals surface area contributed by atoms with E-state index in [0.29, 0.717) is 21.4 Å². The first-order chi connectivity index (χ1) is 19.1. The largest absolute Gasteiger partial charge is 0.493 e. The summed E-state index contributed by atoms with van der Waals surface area (Å²) >= 11 is 12.4. The number of benzene rings is 3. The first kappa shape index (κ1) is 31.1. The number of ether oxygens (including phenoxy) is 2. The Morgan fingerprint density at radius 2 is 1.62 bits per heavy atom. The molecule has 1 unspecified atom stereocenters. The third kappa shape index (κ3) is 6.99. The molecule has 0 aliphatic heterocycles. The minimum atomic E-state index is -4.23. The molecule has 12 heteroatoms. The summed E-state index contributed by atoms with van der Waals surface area (Å²) < 4.78 is 39.4. The van der Waals surface area contributed by atoms with Crippen molar-refractivity contribution < 1.29 is 27.5 Å². The number of sulfonamides is 1. The van der Waals surface area contributed by atoms with Crippen molar-refractivity contribution in [3.05, 3.63) is 82.3 Å². The molecule has 1 N–H and O–H groups in total. The number of methoxy groups -OCH3 is 2. The zero-order chi connectivity index (χ0) is 29.4. The van der Waals surface area contributed by atoms with Crippen molar-refractivity contribution in [2.75, 3.05) is 32.1 Å². The Labute approximate surface area is 244 Å². The van der Waals surface area contributed by atoms with E-state index in [0.717, 1.165) is 4.31 Å². The highest BCUT2D eigenvalue weighted by molar-refractivity contribution is 7.92. The highest BCUT2D eigenvalue weighted by Gasteiger charge is 2.34. The predicted molar refractivity (Wildman–Crippen MR) is 156 cm³/mol. The van der Waals surface area contributed by atoms with Crippen LogP contribution in [0.15, 0.2) is 71.6 Å². The van der Waals surface area contributed by atoms with Crippen LogP contribution >= 0.6 is 23.2 Å². The second-order valence-corrected chi connectivity index (χ2v) is 11.4. The Kier molecular flexibility index (Phi) is 10.7. The van der Waals surface area contributed by atoms with Gasteiger partial charge in [0, 0.05) is 29.7 Å². The topological polar surface area (TPSA) is 105 Å². The molecule has 214 valence electrons. The van der Waals surface area contributed by atoms with Gasteiger partial charge in [0.25, 0.3) is 10.0 Å². The van der Waals surface area contributed by atoms with Crippen molar-refractivity contribution in [2.24, 2.45) is 0 Å². The molecule has 9 nitrogen and oxygen atoms in total. The number of anilines is 1. The van der Waals surface area contributed by atoms with Crippen molar-refractivity contribution in [2.45, 2.75) is 30.8 Å². The highest BCUT2D eigenvalue weighted by Crippen LogP contribution is 2.34. The standard InChI is InChI=1S/C28H31Cl2N3O6S/c1-5-24(28(35)31-2)32(17-19-11-12-20(29)15-23(19)30)27(34)18-33(40(36,37)22-9-7-6-8-10-22)21-13-14-25(38-3)26(16-21)39-4/h6-16,24H,5,17-18H2,1-4H3,(H,31,35). The van der Waals surface area contributed by atoms with E-state index in [4.69, 9.17) is 32.7 Å². The summed E-state index contributed by atoms with van der Waals surface area (Å²) in [5.41, 5.74) is 0.720. The van der Waals surface area contributed by atoms with E-state index in [9.17, 15) is 18.0 Å². The van der Waals surface area contributed by atoms with Gasteiger partial charge in [0.1, 0.15) is 12.6 Å². The molecule has 40 heavy (non-hydrogen) atoms. The quantitative estimate of drug-likeness (QED) is 0.318. The summed E-state index contributed by atoms with van der Waals surface area (Å²) in [7, 11) is 0.132. The number of rotatable bonds is 12. The van der Waals surface area contributed by atoms with Gasteiger partial charge in [-0.05, 0) is 48.4 Å². The van der Waals surface area contributed by atoms with Gasteiger partial charge in [0.05, 0.1) is 24.8 Å². The Bertz CT molecular complexity index is 1450. The van der Waals surface area contributed by atoms with Gasteiger partial charge < -0.3 is 19.7 Å². The Morgan fingerprint density at radius 1 is 0.950 bits per heavy atom. The number of hydrogen-bond acceptors (Lipinski definition) is 6. The van der Waals surface area contributed by atoms with Crippen molar-refractivity contribution in [1.82, 2.24) is 10.2 Å². The second-order valence-electron chi connectivity index (χ2n) is 8.66. The number of carbonyl (C=O) groups excluding carboxylic acids is 2. The number of carbonyl (C=O) groups is 2. The van der Waals surface area contributed by atoms with Gasteiger partial charge in [-0.2, -0.15) is 0 Å². The van der Waals surface area contributed by atoms with E-state index in [-0.39, 0.29) is 29.3 Å². The molecule has 1 atom stereocenters. The lowest BCUT2D eigenvalue weighted by atomic mass is 10.1. The Morgan fingerprint density at radius 3 is 2.20 bits per heavy atom. The highest BCUT2D eigenvalue weighted by atomic mass is 35.5. The fourth-order valence-electron chi connectivity index (χ4n) is 4.15. The molecule has 0 saturated heterocycles. The lowest BCUT2D eigenvalue weighted by molar-refractivity contribution is -0.140. The van der Waals surface area contributed by atoms with Crippen LogP contribution in [0.25, 0.3) is 0 Å². The van der Waals surface area contributed by atoms with E-state index in [1.807, 2.05) is 0 Å². The molecule has 0 radical (unpaired) electrons. The monoisotopic (exact) mass is 607 g/mol. The fraction of sp³-hybridized carbons (Fsp3) is 0.286. The third-order valence-corrected chi connectivity index (χ3v) is 8.63. The second kappa shape index (κ2) is 13.7. The number of nitrogens with one attached hydrogen (secondary N) is 1. The summed E-state index contributed by atoms with van der Waals surface area (Å²) in [5.74, 6) is -0.345. The number of likely N-dealkylation sites (N-methyl/N-ethyl adjacent to an activating group) is 1. The average molecular weight is 609 g/mol. The predicted octanol–water partition coefficient (Wildman–Crippen LogP) is 4.76. The van der Waals surface area contributed by atoms with E-state index in [1.165, 1.54) is 56.5 Å². The zero-order valence-corrected chi connectivity index (χ0v) is 24.9. The summed E-state index contributed by atoms with van der Waals surface area (Å²) in [4.78, 5) is 28.1. The van der Waals surface area contributed by atoms with Crippen LogP contribution in [0.2, 0.25) is 10.0 Å².